The van der Waals surface area contributed by atoms with Gasteiger partial charge in [-0.3, -0.25) is 14.9 Å². The number of sulfonamides is 1. The molecule has 0 spiro atoms. The molecule has 0 saturated carbocycles. The number of hydrogen-bond acceptors (Lipinski definition) is 8. The zero-order chi connectivity index (χ0) is 19.2. The number of halogens is 1. The molecule has 0 bridgehead atoms. The van der Waals surface area contributed by atoms with Gasteiger partial charge in [0.1, 0.15) is 5.69 Å². The molecule has 0 saturated heterocycles. The number of benzene rings is 1. The van der Waals surface area contributed by atoms with E-state index in [-0.39, 0.29) is 41.8 Å². The van der Waals surface area contributed by atoms with Crippen LogP contribution in [0.3, 0.4) is 0 Å². The van der Waals surface area contributed by atoms with E-state index in [9.17, 15) is 23.3 Å². The van der Waals surface area contributed by atoms with Crippen LogP contribution >= 0.6 is 23.7 Å². The van der Waals surface area contributed by atoms with Crippen molar-refractivity contribution in [1.29, 1.82) is 0 Å². The fraction of sp³-hybridized carbons (Fsp3) is 0.286. The molecule has 4 N–H and O–H groups in total. The molecule has 0 fully saturated rings. The van der Waals surface area contributed by atoms with Crippen molar-refractivity contribution in [2.45, 2.75) is 11.3 Å². The standard InChI is InChI=1S/C14H17N5O5S2.ClH/c15-6-5-13-18-12(9-25-13)14(20)16-7-8-17-26(23,24)11-3-1-10(2-4-11)19(21)22;/h1-4,9,17H,5-8,15H2,(H,16,20);1H. The van der Waals surface area contributed by atoms with Crippen LogP contribution in [-0.2, 0) is 16.4 Å². The quantitative estimate of drug-likeness (QED) is 0.297. The molecule has 1 aromatic heterocycles. The van der Waals surface area contributed by atoms with E-state index < -0.39 is 20.9 Å². The predicted octanol–water partition coefficient (Wildman–Crippen LogP) is 0.683. The number of nitrogens with two attached hydrogens (primary N) is 1. The highest BCUT2D eigenvalue weighted by Gasteiger charge is 2.16. The molecule has 0 radical (unpaired) electrons. The Balaban J connectivity index is 0.00000364. The summed E-state index contributed by atoms with van der Waals surface area (Å²) < 4.78 is 26.5. The minimum Gasteiger partial charge on any atom is -0.349 e. The largest absolute Gasteiger partial charge is 0.349 e. The van der Waals surface area contributed by atoms with Crippen LogP contribution < -0.4 is 15.8 Å². The number of carbonyl (C=O) groups excluding carboxylic acids is 1. The van der Waals surface area contributed by atoms with E-state index in [1.165, 1.54) is 11.3 Å². The zero-order valence-corrected chi connectivity index (χ0v) is 16.4. The van der Waals surface area contributed by atoms with Crippen molar-refractivity contribution in [3.8, 4) is 0 Å². The van der Waals surface area contributed by atoms with Crippen LogP contribution in [0, 0.1) is 10.1 Å². The van der Waals surface area contributed by atoms with Crippen molar-refractivity contribution >= 4 is 45.4 Å². The van der Waals surface area contributed by atoms with Crippen molar-refractivity contribution in [3.05, 3.63) is 50.5 Å². The maximum atomic E-state index is 12.1. The smallest absolute Gasteiger partial charge is 0.270 e. The fourth-order valence-corrected chi connectivity index (χ4v) is 3.76. The summed E-state index contributed by atoms with van der Waals surface area (Å²) >= 11 is 1.33. The number of nitrogens with zero attached hydrogens (tertiary/aromatic N) is 2. The van der Waals surface area contributed by atoms with Gasteiger partial charge >= 0.3 is 0 Å². The van der Waals surface area contributed by atoms with E-state index in [1.807, 2.05) is 0 Å². The van der Waals surface area contributed by atoms with E-state index >= 15 is 0 Å². The van der Waals surface area contributed by atoms with E-state index in [0.29, 0.717) is 13.0 Å². The lowest BCUT2D eigenvalue weighted by Crippen LogP contribution is -2.34. The number of nitro benzene ring substituents is 1. The second-order valence-electron chi connectivity index (χ2n) is 5.07. The van der Waals surface area contributed by atoms with Gasteiger partial charge in [-0.2, -0.15) is 0 Å². The Morgan fingerprint density at radius 1 is 1.26 bits per heavy atom. The van der Waals surface area contributed by atoms with Gasteiger partial charge in [-0.05, 0) is 18.7 Å². The van der Waals surface area contributed by atoms with Gasteiger partial charge < -0.3 is 11.1 Å². The van der Waals surface area contributed by atoms with Crippen LogP contribution in [0.25, 0.3) is 0 Å². The Hall–Kier alpha value is -2.12. The van der Waals surface area contributed by atoms with E-state index in [1.54, 1.807) is 5.38 Å². The van der Waals surface area contributed by atoms with Crippen molar-refractivity contribution in [1.82, 2.24) is 15.0 Å². The van der Waals surface area contributed by atoms with Crippen LogP contribution in [0.1, 0.15) is 15.5 Å². The summed E-state index contributed by atoms with van der Waals surface area (Å²) in [5, 5.41) is 15.5. The molecule has 13 heteroatoms. The van der Waals surface area contributed by atoms with Gasteiger partial charge in [-0.1, -0.05) is 0 Å². The number of rotatable bonds is 9. The number of non-ortho nitro benzene ring substituents is 1. The second kappa shape index (κ2) is 10.3. The SMILES string of the molecule is Cl.NCCc1nc(C(=O)NCCNS(=O)(=O)c2ccc([N+](=O)[O-])cc2)cs1. The van der Waals surface area contributed by atoms with Gasteiger partial charge in [0.2, 0.25) is 10.0 Å². The molecule has 1 amide bonds. The van der Waals surface area contributed by atoms with Gasteiger partial charge in [0, 0.05) is 37.0 Å². The van der Waals surface area contributed by atoms with Crippen LogP contribution in [-0.4, -0.2) is 43.9 Å². The maximum absolute atomic E-state index is 12.1. The Bertz CT molecular complexity index is 886. The number of aromatic nitrogens is 1. The van der Waals surface area contributed by atoms with Gasteiger partial charge in [0.15, 0.2) is 0 Å². The Kier molecular flexibility index (Phi) is 8.72. The van der Waals surface area contributed by atoms with Gasteiger partial charge in [0.25, 0.3) is 11.6 Å². The molecule has 0 aliphatic heterocycles. The first-order valence-corrected chi connectivity index (χ1v) is 9.86. The monoisotopic (exact) mass is 435 g/mol. The molecular formula is C14H18ClN5O5S2. The topological polar surface area (TPSA) is 157 Å². The van der Waals surface area contributed by atoms with E-state index in [2.05, 4.69) is 15.0 Å². The number of hydrogen-bond donors (Lipinski definition) is 3. The molecular weight excluding hydrogens is 418 g/mol. The van der Waals surface area contributed by atoms with Crippen LogP contribution in [0.2, 0.25) is 0 Å². The average Bonchev–Trinajstić information content (AvgIpc) is 3.08. The summed E-state index contributed by atoms with van der Waals surface area (Å²) in [7, 11) is -3.82. The molecule has 2 aromatic rings. The Morgan fingerprint density at radius 2 is 1.93 bits per heavy atom. The highest BCUT2D eigenvalue weighted by atomic mass is 35.5. The molecule has 148 valence electrons. The summed E-state index contributed by atoms with van der Waals surface area (Å²) in [6, 6.07) is 4.51. The minimum absolute atomic E-state index is 0. The first kappa shape index (κ1) is 22.9. The molecule has 0 aliphatic carbocycles. The van der Waals surface area contributed by atoms with Crippen molar-refractivity contribution < 1.29 is 18.1 Å². The number of carbonyl (C=O) groups is 1. The van der Waals surface area contributed by atoms with Crippen LogP contribution in [0.5, 0.6) is 0 Å². The summed E-state index contributed by atoms with van der Waals surface area (Å²) in [5.41, 5.74) is 5.48. The zero-order valence-electron chi connectivity index (χ0n) is 14.0. The van der Waals surface area contributed by atoms with Crippen molar-refractivity contribution in [2.75, 3.05) is 19.6 Å². The fourth-order valence-electron chi connectivity index (χ4n) is 1.94. The normalized spacial score (nSPS) is 10.9. The molecule has 0 atom stereocenters. The molecule has 0 unspecified atom stereocenters. The Morgan fingerprint density at radius 3 is 2.52 bits per heavy atom. The summed E-state index contributed by atoms with van der Waals surface area (Å²) in [5.74, 6) is -0.404. The summed E-state index contributed by atoms with van der Waals surface area (Å²) in [6.45, 7) is 0.471. The van der Waals surface area contributed by atoms with E-state index in [0.717, 1.165) is 29.3 Å². The minimum atomic E-state index is -3.82. The van der Waals surface area contributed by atoms with Crippen LogP contribution in [0.4, 0.5) is 5.69 Å². The molecule has 27 heavy (non-hydrogen) atoms. The van der Waals surface area contributed by atoms with Gasteiger partial charge in [0.05, 0.1) is 14.8 Å². The molecule has 2 rings (SSSR count). The highest BCUT2D eigenvalue weighted by molar-refractivity contribution is 7.89. The number of nitrogens with one attached hydrogen (secondary N) is 2. The van der Waals surface area contributed by atoms with Crippen molar-refractivity contribution in [3.63, 3.8) is 0 Å². The first-order chi connectivity index (χ1) is 12.3. The van der Waals surface area contributed by atoms with Crippen LogP contribution in [0.15, 0.2) is 34.5 Å². The van der Waals surface area contributed by atoms with Gasteiger partial charge in [-0.15, -0.1) is 23.7 Å². The Labute approximate surface area is 165 Å². The van der Waals surface area contributed by atoms with Gasteiger partial charge in [-0.25, -0.2) is 18.1 Å². The lowest BCUT2D eigenvalue weighted by atomic mass is 10.3. The summed E-state index contributed by atoms with van der Waals surface area (Å²) in [6.07, 6.45) is 0.590. The summed E-state index contributed by atoms with van der Waals surface area (Å²) in [4.78, 5) is 25.9. The number of amides is 1. The second-order valence-corrected chi connectivity index (χ2v) is 7.78. The third-order valence-corrected chi connectivity index (χ3v) is 5.59. The number of nitro groups is 1. The third kappa shape index (κ3) is 6.52. The molecule has 1 aromatic carbocycles. The molecule has 10 nitrogen and oxygen atoms in total. The average molecular weight is 436 g/mol. The number of thiazole rings is 1. The van der Waals surface area contributed by atoms with Crippen molar-refractivity contribution in [2.24, 2.45) is 5.73 Å². The maximum Gasteiger partial charge on any atom is 0.270 e. The third-order valence-electron chi connectivity index (χ3n) is 3.20. The lowest BCUT2D eigenvalue weighted by Gasteiger charge is -2.07. The van der Waals surface area contributed by atoms with E-state index in [4.69, 9.17) is 5.73 Å². The lowest BCUT2D eigenvalue weighted by molar-refractivity contribution is -0.384. The first-order valence-electron chi connectivity index (χ1n) is 7.50. The predicted molar refractivity (Wildman–Crippen MR) is 103 cm³/mol. The molecule has 0 aliphatic rings. The molecule has 1 heterocycles. The highest BCUT2D eigenvalue weighted by Crippen LogP contribution is 2.15.